The van der Waals surface area contributed by atoms with E-state index in [2.05, 4.69) is 17.3 Å². The van der Waals surface area contributed by atoms with E-state index in [0.29, 0.717) is 11.1 Å². The van der Waals surface area contributed by atoms with Gasteiger partial charge in [0.2, 0.25) is 0 Å². The molecule has 0 atom stereocenters. The Morgan fingerprint density at radius 1 is 1.35 bits per heavy atom. The van der Waals surface area contributed by atoms with Gasteiger partial charge in [-0.2, -0.15) is 0 Å². The van der Waals surface area contributed by atoms with E-state index in [1.165, 1.54) is 12.8 Å². The van der Waals surface area contributed by atoms with Gasteiger partial charge < -0.3 is 15.0 Å². The zero-order chi connectivity index (χ0) is 12.3. The molecule has 3 nitrogen and oxygen atoms in total. The van der Waals surface area contributed by atoms with Crippen molar-refractivity contribution in [2.75, 3.05) is 32.6 Å². The van der Waals surface area contributed by atoms with Gasteiger partial charge in [0, 0.05) is 17.8 Å². The van der Waals surface area contributed by atoms with Gasteiger partial charge in [0.1, 0.15) is 5.75 Å². The molecule has 0 radical (unpaired) electrons. The van der Waals surface area contributed by atoms with E-state index in [0.717, 1.165) is 24.5 Å². The van der Waals surface area contributed by atoms with E-state index in [9.17, 15) is 0 Å². The maximum absolute atomic E-state index is 6.00. The van der Waals surface area contributed by atoms with Crippen LogP contribution in [0.25, 0.3) is 0 Å². The van der Waals surface area contributed by atoms with Crippen LogP contribution < -0.4 is 10.1 Å². The molecule has 17 heavy (non-hydrogen) atoms. The number of hydrogen-bond donors (Lipinski definition) is 1. The quantitative estimate of drug-likeness (QED) is 0.898. The molecule has 94 valence electrons. The fraction of sp³-hybridized carbons (Fsp3) is 0.538. The maximum Gasteiger partial charge on any atom is 0.139 e. The standard InChI is InChI=1S/C13H19ClN2O/c1-16-7-5-10(6-8-16)15-11-3-4-12(14)13(9-11)17-2/h3-4,9-10,15H,5-8H2,1-2H3. The normalized spacial score (nSPS) is 18.1. The Bertz CT molecular complexity index is 376. The molecule has 1 aromatic carbocycles. The van der Waals surface area contributed by atoms with Crippen LogP contribution in [0.5, 0.6) is 5.75 Å². The average Bonchev–Trinajstić information content (AvgIpc) is 2.34. The number of nitrogens with one attached hydrogen (secondary N) is 1. The van der Waals surface area contributed by atoms with Crippen molar-refractivity contribution in [1.29, 1.82) is 0 Å². The number of likely N-dealkylation sites (tertiary alicyclic amines) is 1. The lowest BCUT2D eigenvalue weighted by Gasteiger charge is -2.30. The highest BCUT2D eigenvalue weighted by atomic mass is 35.5. The van der Waals surface area contributed by atoms with Gasteiger partial charge in [-0.1, -0.05) is 11.6 Å². The van der Waals surface area contributed by atoms with E-state index in [1.807, 2.05) is 18.2 Å². The molecule has 0 unspecified atom stereocenters. The molecule has 1 aliphatic heterocycles. The molecule has 0 bridgehead atoms. The van der Waals surface area contributed by atoms with Crippen LogP contribution in [0.3, 0.4) is 0 Å². The molecule has 1 aromatic rings. The van der Waals surface area contributed by atoms with E-state index >= 15 is 0 Å². The lowest BCUT2D eigenvalue weighted by atomic mass is 10.1. The third kappa shape index (κ3) is 3.27. The Labute approximate surface area is 108 Å². The molecule has 0 aliphatic carbocycles. The highest BCUT2D eigenvalue weighted by Gasteiger charge is 2.16. The van der Waals surface area contributed by atoms with Crippen LogP contribution >= 0.6 is 11.6 Å². The van der Waals surface area contributed by atoms with Gasteiger partial charge >= 0.3 is 0 Å². The highest BCUT2D eigenvalue weighted by Crippen LogP contribution is 2.28. The summed E-state index contributed by atoms with van der Waals surface area (Å²) in [6.07, 6.45) is 2.36. The summed E-state index contributed by atoms with van der Waals surface area (Å²) in [4.78, 5) is 2.36. The molecule has 0 aromatic heterocycles. The Kier molecular flexibility index (Phi) is 4.13. The van der Waals surface area contributed by atoms with Crippen molar-refractivity contribution in [2.45, 2.75) is 18.9 Å². The molecule has 0 amide bonds. The fourth-order valence-electron chi connectivity index (χ4n) is 2.14. The number of benzene rings is 1. The van der Waals surface area contributed by atoms with Crippen LogP contribution in [0, 0.1) is 0 Å². The molecule has 0 spiro atoms. The Balaban J connectivity index is 1.99. The third-order valence-corrected chi connectivity index (χ3v) is 3.55. The molecule has 2 rings (SSSR count). The summed E-state index contributed by atoms with van der Waals surface area (Å²) in [5.41, 5.74) is 1.08. The highest BCUT2D eigenvalue weighted by molar-refractivity contribution is 6.32. The number of piperidine rings is 1. The van der Waals surface area contributed by atoms with Crippen LogP contribution in [0.4, 0.5) is 5.69 Å². The van der Waals surface area contributed by atoms with Crippen molar-refractivity contribution in [1.82, 2.24) is 4.90 Å². The number of halogens is 1. The van der Waals surface area contributed by atoms with Gasteiger partial charge in [-0.25, -0.2) is 0 Å². The monoisotopic (exact) mass is 254 g/mol. The number of hydrogen-bond acceptors (Lipinski definition) is 3. The van der Waals surface area contributed by atoms with Crippen molar-refractivity contribution >= 4 is 17.3 Å². The van der Waals surface area contributed by atoms with Crippen LogP contribution in [-0.2, 0) is 0 Å². The van der Waals surface area contributed by atoms with Crippen molar-refractivity contribution in [3.05, 3.63) is 23.2 Å². The SMILES string of the molecule is COc1cc(NC2CCN(C)CC2)ccc1Cl. The Morgan fingerprint density at radius 3 is 2.71 bits per heavy atom. The third-order valence-electron chi connectivity index (χ3n) is 3.24. The van der Waals surface area contributed by atoms with Gasteiger partial charge in [0.25, 0.3) is 0 Å². The van der Waals surface area contributed by atoms with Gasteiger partial charge in [-0.3, -0.25) is 0 Å². The summed E-state index contributed by atoms with van der Waals surface area (Å²) in [7, 11) is 3.81. The smallest absolute Gasteiger partial charge is 0.139 e. The molecule has 4 heteroatoms. The van der Waals surface area contributed by atoms with Gasteiger partial charge in [0.05, 0.1) is 12.1 Å². The number of rotatable bonds is 3. The molecule has 1 fully saturated rings. The van der Waals surface area contributed by atoms with E-state index in [4.69, 9.17) is 16.3 Å². The van der Waals surface area contributed by atoms with Crippen molar-refractivity contribution in [3.8, 4) is 5.75 Å². The van der Waals surface area contributed by atoms with Crippen LogP contribution in [0.15, 0.2) is 18.2 Å². The minimum Gasteiger partial charge on any atom is -0.495 e. The molecule has 1 N–H and O–H groups in total. The predicted molar refractivity (Wildman–Crippen MR) is 72.1 cm³/mol. The summed E-state index contributed by atoms with van der Waals surface area (Å²) >= 11 is 6.00. The zero-order valence-electron chi connectivity index (χ0n) is 10.4. The summed E-state index contributed by atoms with van der Waals surface area (Å²) in [5, 5.41) is 4.19. The second kappa shape index (κ2) is 5.61. The first-order chi connectivity index (χ1) is 8.19. The Morgan fingerprint density at radius 2 is 2.06 bits per heavy atom. The lowest BCUT2D eigenvalue weighted by molar-refractivity contribution is 0.264. The van der Waals surface area contributed by atoms with E-state index < -0.39 is 0 Å². The maximum atomic E-state index is 6.00. The van der Waals surface area contributed by atoms with E-state index in [-0.39, 0.29) is 0 Å². The van der Waals surface area contributed by atoms with Gasteiger partial charge in [0.15, 0.2) is 0 Å². The molecular formula is C13H19ClN2O. The predicted octanol–water partition coefficient (Wildman–Crippen LogP) is 2.85. The first kappa shape index (κ1) is 12.5. The number of anilines is 1. The molecule has 1 saturated heterocycles. The second-order valence-electron chi connectivity index (χ2n) is 4.57. The molecule has 1 aliphatic rings. The van der Waals surface area contributed by atoms with Gasteiger partial charge in [-0.15, -0.1) is 0 Å². The Hall–Kier alpha value is -0.930. The van der Waals surface area contributed by atoms with Crippen molar-refractivity contribution in [3.63, 3.8) is 0 Å². The molecular weight excluding hydrogens is 236 g/mol. The van der Waals surface area contributed by atoms with Crippen molar-refractivity contribution in [2.24, 2.45) is 0 Å². The second-order valence-corrected chi connectivity index (χ2v) is 4.98. The van der Waals surface area contributed by atoms with E-state index in [1.54, 1.807) is 7.11 Å². The molecule has 0 saturated carbocycles. The number of ether oxygens (including phenoxy) is 1. The summed E-state index contributed by atoms with van der Waals surface area (Å²) in [5.74, 6) is 0.726. The fourth-order valence-corrected chi connectivity index (χ4v) is 2.33. The zero-order valence-corrected chi connectivity index (χ0v) is 11.1. The van der Waals surface area contributed by atoms with Crippen LogP contribution in [0.2, 0.25) is 5.02 Å². The summed E-state index contributed by atoms with van der Waals surface area (Å²) < 4.78 is 5.21. The summed E-state index contributed by atoms with van der Waals surface area (Å²) in [6.45, 7) is 2.31. The van der Waals surface area contributed by atoms with Crippen LogP contribution in [0.1, 0.15) is 12.8 Å². The average molecular weight is 255 g/mol. The minimum absolute atomic E-state index is 0.553. The van der Waals surface area contributed by atoms with Crippen molar-refractivity contribution < 1.29 is 4.74 Å². The van der Waals surface area contributed by atoms with Crippen LogP contribution in [-0.4, -0.2) is 38.2 Å². The topological polar surface area (TPSA) is 24.5 Å². The minimum atomic E-state index is 0.553. The summed E-state index contributed by atoms with van der Waals surface area (Å²) in [6, 6.07) is 6.39. The number of methoxy groups -OCH3 is 1. The lowest BCUT2D eigenvalue weighted by Crippen LogP contribution is -2.36. The number of nitrogens with zero attached hydrogens (tertiary/aromatic N) is 1. The first-order valence-corrected chi connectivity index (χ1v) is 6.35. The molecule has 1 heterocycles. The largest absolute Gasteiger partial charge is 0.495 e. The first-order valence-electron chi connectivity index (χ1n) is 5.97. The van der Waals surface area contributed by atoms with Gasteiger partial charge in [-0.05, 0) is 45.1 Å².